The first-order valence-electron chi connectivity index (χ1n) is 11.9. The Morgan fingerprint density at radius 2 is 1.89 bits per heavy atom. The van der Waals surface area contributed by atoms with Gasteiger partial charge >= 0.3 is 0 Å². The fraction of sp³-hybridized carbons (Fsp3) is 0.875. The van der Waals surface area contributed by atoms with E-state index in [1.54, 1.807) is 0 Å². The van der Waals surface area contributed by atoms with Gasteiger partial charge in [-0.3, -0.25) is 4.79 Å². The Hall–Kier alpha value is -0.870. The van der Waals surface area contributed by atoms with Crippen LogP contribution >= 0.6 is 0 Å². The molecular weight excluding hydrogens is 348 g/mol. The Morgan fingerprint density at radius 3 is 2.57 bits per heavy atom. The van der Waals surface area contributed by atoms with E-state index in [-0.39, 0.29) is 0 Å². The minimum absolute atomic E-state index is 0.298. The summed E-state index contributed by atoms with van der Waals surface area (Å²) in [7, 11) is 0. The van der Waals surface area contributed by atoms with Crippen LogP contribution in [0.3, 0.4) is 0 Å². The molecule has 4 heteroatoms. The van der Waals surface area contributed by atoms with Crippen LogP contribution < -0.4 is 5.32 Å². The molecule has 160 valence electrons. The number of hydrogen-bond acceptors (Lipinski definition) is 3. The molecular formula is C24H42N2O2. The van der Waals surface area contributed by atoms with Crippen LogP contribution in [0, 0.1) is 23.7 Å². The number of carbonyl (C=O) groups is 1. The summed E-state index contributed by atoms with van der Waals surface area (Å²) in [6.45, 7) is 10.7. The molecule has 1 saturated carbocycles. The molecule has 0 radical (unpaired) electrons. The monoisotopic (exact) mass is 390 g/mol. The second-order valence-corrected chi connectivity index (χ2v) is 9.33. The number of morpholine rings is 1. The first kappa shape index (κ1) is 21.8. The molecule has 4 atom stereocenters. The van der Waals surface area contributed by atoms with E-state index in [1.807, 2.05) is 4.90 Å². The first-order valence-corrected chi connectivity index (χ1v) is 11.9. The largest absolute Gasteiger partial charge is 0.378 e. The molecule has 2 heterocycles. The van der Waals surface area contributed by atoms with Gasteiger partial charge in [-0.15, -0.1) is 6.58 Å². The SMILES string of the molecule is C=CC(CCCC(=O)N1CCOCC1)C1NCCC(C2CCCCCC2)C1C. The van der Waals surface area contributed by atoms with E-state index in [0.717, 1.165) is 44.3 Å². The molecule has 3 aliphatic rings. The van der Waals surface area contributed by atoms with Crippen molar-refractivity contribution in [2.75, 3.05) is 32.8 Å². The molecule has 0 aromatic heterocycles. The third kappa shape index (κ3) is 5.82. The van der Waals surface area contributed by atoms with Crippen LogP contribution in [0.2, 0.25) is 0 Å². The van der Waals surface area contributed by atoms with Crippen LogP contribution in [0.4, 0.5) is 0 Å². The number of carbonyl (C=O) groups excluding carboxylic acids is 1. The highest BCUT2D eigenvalue weighted by Gasteiger charge is 2.37. The van der Waals surface area contributed by atoms with Gasteiger partial charge in [0.2, 0.25) is 5.91 Å². The molecule has 2 saturated heterocycles. The fourth-order valence-corrected chi connectivity index (χ4v) is 5.98. The van der Waals surface area contributed by atoms with Crippen LogP contribution in [0.1, 0.15) is 71.1 Å². The maximum atomic E-state index is 12.4. The molecule has 0 spiro atoms. The summed E-state index contributed by atoms with van der Waals surface area (Å²) in [4.78, 5) is 14.4. The molecule has 3 fully saturated rings. The van der Waals surface area contributed by atoms with Crippen molar-refractivity contribution in [3.63, 3.8) is 0 Å². The average molecular weight is 391 g/mol. The van der Waals surface area contributed by atoms with Gasteiger partial charge < -0.3 is 15.0 Å². The Kier molecular flexibility index (Phi) is 8.85. The zero-order chi connectivity index (χ0) is 19.8. The summed E-state index contributed by atoms with van der Waals surface area (Å²) in [6, 6.07) is 0.526. The summed E-state index contributed by atoms with van der Waals surface area (Å²) in [5.74, 6) is 3.26. The number of nitrogens with zero attached hydrogens (tertiary/aromatic N) is 1. The molecule has 0 bridgehead atoms. The summed E-state index contributed by atoms with van der Waals surface area (Å²) in [6.07, 6.45) is 14.8. The van der Waals surface area contributed by atoms with Gasteiger partial charge in [0.05, 0.1) is 13.2 Å². The van der Waals surface area contributed by atoms with Crippen molar-refractivity contribution in [1.29, 1.82) is 0 Å². The van der Waals surface area contributed by atoms with Crippen molar-refractivity contribution in [1.82, 2.24) is 10.2 Å². The quantitative estimate of drug-likeness (QED) is 0.517. The Balaban J connectivity index is 1.49. The van der Waals surface area contributed by atoms with Gasteiger partial charge in [-0.2, -0.15) is 0 Å². The fourth-order valence-electron chi connectivity index (χ4n) is 5.98. The van der Waals surface area contributed by atoms with Crippen LogP contribution in [-0.2, 0) is 9.53 Å². The molecule has 2 aliphatic heterocycles. The lowest BCUT2D eigenvalue weighted by Gasteiger charge is -2.43. The predicted octanol–water partition coefficient (Wildman–Crippen LogP) is 4.40. The van der Waals surface area contributed by atoms with Gasteiger partial charge in [0.15, 0.2) is 0 Å². The molecule has 0 aromatic carbocycles. The highest BCUT2D eigenvalue weighted by Crippen LogP contribution is 2.40. The van der Waals surface area contributed by atoms with Crippen molar-refractivity contribution in [2.24, 2.45) is 23.7 Å². The lowest BCUT2D eigenvalue weighted by Crippen LogP contribution is -2.50. The van der Waals surface area contributed by atoms with Crippen LogP contribution in [0.5, 0.6) is 0 Å². The second kappa shape index (κ2) is 11.3. The van der Waals surface area contributed by atoms with Crippen LogP contribution in [0.25, 0.3) is 0 Å². The second-order valence-electron chi connectivity index (χ2n) is 9.33. The minimum Gasteiger partial charge on any atom is -0.378 e. The summed E-state index contributed by atoms with van der Waals surface area (Å²) < 4.78 is 5.35. The van der Waals surface area contributed by atoms with E-state index in [0.29, 0.717) is 43.4 Å². The maximum absolute atomic E-state index is 12.4. The highest BCUT2D eigenvalue weighted by atomic mass is 16.5. The maximum Gasteiger partial charge on any atom is 0.222 e. The van der Waals surface area contributed by atoms with Crippen LogP contribution in [-0.4, -0.2) is 49.7 Å². The minimum atomic E-state index is 0.298. The number of ether oxygens (including phenoxy) is 1. The van der Waals surface area contributed by atoms with Gasteiger partial charge in [0.1, 0.15) is 0 Å². The summed E-state index contributed by atoms with van der Waals surface area (Å²) >= 11 is 0. The van der Waals surface area contributed by atoms with Crippen molar-refractivity contribution in [3.05, 3.63) is 12.7 Å². The topological polar surface area (TPSA) is 41.6 Å². The predicted molar refractivity (Wildman–Crippen MR) is 115 cm³/mol. The van der Waals surface area contributed by atoms with E-state index in [2.05, 4.69) is 24.9 Å². The van der Waals surface area contributed by atoms with E-state index < -0.39 is 0 Å². The Morgan fingerprint density at radius 1 is 1.18 bits per heavy atom. The zero-order valence-electron chi connectivity index (χ0n) is 18.0. The zero-order valence-corrected chi connectivity index (χ0v) is 18.0. The molecule has 1 N–H and O–H groups in total. The number of nitrogens with one attached hydrogen (secondary N) is 1. The third-order valence-corrected chi connectivity index (χ3v) is 7.66. The van der Waals surface area contributed by atoms with Crippen molar-refractivity contribution in [2.45, 2.75) is 77.2 Å². The van der Waals surface area contributed by atoms with Gasteiger partial charge in [-0.25, -0.2) is 0 Å². The van der Waals surface area contributed by atoms with Gasteiger partial charge in [-0.05, 0) is 49.5 Å². The number of hydrogen-bond donors (Lipinski definition) is 1. The van der Waals surface area contributed by atoms with Gasteiger partial charge in [-0.1, -0.05) is 51.5 Å². The third-order valence-electron chi connectivity index (χ3n) is 7.66. The molecule has 1 aliphatic carbocycles. The van der Waals surface area contributed by atoms with Crippen molar-refractivity contribution >= 4 is 5.91 Å². The van der Waals surface area contributed by atoms with Crippen molar-refractivity contribution < 1.29 is 9.53 Å². The molecule has 0 aromatic rings. The van der Waals surface area contributed by atoms with E-state index >= 15 is 0 Å². The molecule has 4 unspecified atom stereocenters. The molecule has 4 nitrogen and oxygen atoms in total. The lowest BCUT2D eigenvalue weighted by atomic mass is 9.68. The first-order chi connectivity index (χ1) is 13.7. The number of amides is 1. The number of rotatable bonds is 7. The smallest absolute Gasteiger partial charge is 0.222 e. The number of piperidine rings is 1. The molecule has 28 heavy (non-hydrogen) atoms. The summed E-state index contributed by atoms with van der Waals surface area (Å²) in [5, 5.41) is 3.82. The van der Waals surface area contributed by atoms with Gasteiger partial charge in [0.25, 0.3) is 0 Å². The normalized spacial score (nSPS) is 31.2. The van der Waals surface area contributed by atoms with E-state index in [4.69, 9.17) is 4.74 Å². The van der Waals surface area contributed by atoms with Crippen molar-refractivity contribution in [3.8, 4) is 0 Å². The molecule has 1 amide bonds. The molecule has 3 rings (SSSR count). The standard InChI is InChI=1S/C24H42N2O2/c1-3-20(11-8-12-23(27)26-15-17-28-18-16-26)24-19(2)22(13-14-25-24)21-9-6-4-5-7-10-21/h3,19-22,24-25H,1,4-18H2,2H3. The lowest BCUT2D eigenvalue weighted by molar-refractivity contribution is -0.135. The Labute approximate surface area is 172 Å². The Bertz CT molecular complexity index is 481. The average Bonchev–Trinajstić information content (AvgIpc) is 3.02. The van der Waals surface area contributed by atoms with E-state index in [1.165, 1.54) is 44.9 Å². The highest BCUT2D eigenvalue weighted by molar-refractivity contribution is 5.76. The summed E-state index contributed by atoms with van der Waals surface area (Å²) in [5.41, 5.74) is 0. The van der Waals surface area contributed by atoms with Gasteiger partial charge in [0, 0.05) is 25.6 Å². The van der Waals surface area contributed by atoms with Crippen LogP contribution in [0.15, 0.2) is 12.7 Å². The van der Waals surface area contributed by atoms with E-state index in [9.17, 15) is 4.79 Å².